The predicted molar refractivity (Wildman–Crippen MR) is 33.8 cm³/mol. The van der Waals surface area contributed by atoms with Crippen molar-refractivity contribution in [1.29, 1.82) is 0 Å². The largest absolute Gasteiger partial charge is 0.250 e. The molecule has 0 rings (SSSR count). The summed E-state index contributed by atoms with van der Waals surface area (Å²) in [5.74, 6) is 0. The van der Waals surface area contributed by atoms with Gasteiger partial charge in [-0.25, -0.2) is 4.99 Å². The maximum atomic E-state index is 5.43. The second kappa shape index (κ2) is 3.88. The molecule has 0 amide bonds. The fourth-order valence-corrected chi connectivity index (χ4v) is 0.295. The maximum absolute atomic E-state index is 5.43. The van der Waals surface area contributed by atoms with Crippen LogP contribution in [-0.4, -0.2) is 6.21 Å². The zero-order valence-electron chi connectivity index (χ0n) is 4.48. The average molecular weight is 118 g/mol. The number of aliphatic imine (C=N–C) groups is 1. The lowest BCUT2D eigenvalue weighted by molar-refractivity contribution is 1.48. The van der Waals surface area contributed by atoms with Crippen molar-refractivity contribution >= 4 is 17.8 Å². The normalized spacial score (nSPS) is 13.3. The molecule has 1 nitrogen and oxygen atoms in total. The standard InChI is InChI=1S/C5H8ClN/c1-3-5(6)7-4-2/h3-4H,1-2H3/b5-3-,7-4-. The van der Waals surface area contributed by atoms with Crippen LogP contribution in [0.25, 0.3) is 0 Å². The smallest absolute Gasteiger partial charge is 0.124 e. The molecule has 40 valence electrons. The molecular formula is C5H8ClN. The summed E-state index contributed by atoms with van der Waals surface area (Å²) < 4.78 is 0. The van der Waals surface area contributed by atoms with Crippen molar-refractivity contribution in [2.75, 3.05) is 0 Å². The minimum Gasteiger partial charge on any atom is -0.250 e. The van der Waals surface area contributed by atoms with Gasteiger partial charge < -0.3 is 0 Å². The molecule has 0 aliphatic carbocycles. The topological polar surface area (TPSA) is 12.4 Å². The monoisotopic (exact) mass is 117 g/mol. The van der Waals surface area contributed by atoms with Crippen molar-refractivity contribution < 1.29 is 0 Å². The summed E-state index contributed by atoms with van der Waals surface area (Å²) in [6, 6.07) is 0. The van der Waals surface area contributed by atoms with E-state index < -0.39 is 0 Å². The molecule has 0 aliphatic rings. The van der Waals surface area contributed by atoms with E-state index >= 15 is 0 Å². The van der Waals surface area contributed by atoms with Gasteiger partial charge in [0.15, 0.2) is 0 Å². The molecule has 0 radical (unpaired) electrons. The SMILES string of the molecule is C/C=N\C(Cl)=C/C. The van der Waals surface area contributed by atoms with Crippen LogP contribution in [0.4, 0.5) is 0 Å². The summed E-state index contributed by atoms with van der Waals surface area (Å²) in [6.45, 7) is 3.67. The summed E-state index contributed by atoms with van der Waals surface area (Å²) in [7, 11) is 0. The molecule has 7 heavy (non-hydrogen) atoms. The van der Waals surface area contributed by atoms with E-state index in [9.17, 15) is 0 Å². The summed E-state index contributed by atoms with van der Waals surface area (Å²) in [6.07, 6.45) is 3.39. The van der Waals surface area contributed by atoms with E-state index in [0.29, 0.717) is 5.16 Å². The van der Waals surface area contributed by atoms with Gasteiger partial charge in [0.25, 0.3) is 0 Å². The Morgan fingerprint density at radius 1 is 1.57 bits per heavy atom. The molecule has 0 aliphatic heterocycles. The third-order valence-electron chi connectivity index (χ3n) is 0.491. The van der Waals surface area contributed by atoms with E-state index in [1.54, 1.807) is 12.3 Å². The average Bonchev–Trinajstić information content (AvgIpc) is 1.68. The summed E-state index contributed by atoms with van der Waals surface area (Å²) >= 11 is 5.43. The van der Waals surface area contributed by atoms with Crippen LogP contribution in [0.1, 0.15) is 13.8 Å². The maximum Gasteiger partial charge on any atom is 0.124 e. The third kappa shape index (κ3) is 3.53. The van der Waals surface area contributed by atoms with Gasteiger partial charge in [0, 0.05) is 6.21 Å². The first kappa shape index (κ1) is 6.70. The molecule has 0 unspecified atom stereocenters. The molecule has 0 spiro atoms. The third-order valence-corrected chi connectivity index (χ3v) is 0.806. The molecule has 0 atom stereocenters. The highest BCUT2D eigenvalue weighted by Gasteiger charge is 1.74. The van der Waals surface area contributed by atoms with Gasteiger partial charge in [0.1, 0.15) is 5.16 Å². The Kier molecular flexibility index (Phi) is 3.71. The Morgan fingerprint density at radius 3 is 2.29 bits per heavy atom. The van der Waals surface area contributed by atoms with Crippen LogP contribution >= 0.6 is 11.6 Å². The lowest BCUT2D eigenvalue weighted by Gasteiger charge is -1.78. The number of nitrogens with zero attached hydrogens (tertiary/aromatic N) is 1. The fraction of sp³-hybridized carbons (Fsp3) is 0.400. The second-order valence-electron chi connectivity index (χ2n) is 0.999. The minimum atomic E-state index is 0.544. The van der Waals surface area contributed by atoms with Gasteiger partial charge in [0.2, 0.25) is 0 Å². The number of hydrogen-bond acceptors (Lipinski definition) is 1. The molecule has 0 saturated heterocycles. The molecule has 0 fully saturated rings. The van der Waals surface area contributed by atoms with Crippen molar-refractivity contribution in [3.63, 3.8) is 0 Å². The van der Waals surface area contributed by atoms with Crippen LogP contribution in [0, 0.1) is 0 Å². The van der Waals surface area contributed by atoms with Crippen molar-refractivity contribution in [2.45, 2.75) is 13.8 Å². The Labute approximate surface area is 48.7 Å². The fourth-order valence-electron chi connectivity index (χ4n) is 0.198. The molecule has 2 heteroatoms. The van der Waals surface area contributed by atoms with E-state index in [-0.39, 0.29) is 0 Å². The van der Waals surface area contributed by atoms with Gasteiger partial charge in [-0.1, -0.05) is 17.7 Å². The van der Waals surface area contributed by atoms with Gasteiger partial charge in [-0.05, 0) is 13.8 Å². The molecule has 0 saturated carbocycles. The van der Waals surface area contributed by atoms with Crippen LogP contribution in [0.5, 0.6) is 0 Å². The van der Waals surface area contributed by atoms with Gasteiger partial charge in [-0.15, -0.1) is 0 Å². The van der Waals surface area contributed by atoms with Crippen molar-refractivity contribution in [2.24, 2.45) is 4.99 Å². The lowest BCUT2D eigenvalue weighted by Crippen LogP contribution is -1.60. The Morgan fingerprint density at radius 2 is 2.14 bits per heavy atom. The van der Waals surface area contributed by atoms with E-state index in [0.717, 1.165) is 0 Å². The highest BCUT2D eigenvalue weighted by Crippen LogP contribution is 1.98. The molecule has 0 N–H and O–H groups in total. The predicted octanol–water partition coefficient (Wildman–Crippen LogP) is 2.18. The van der Waals surface area contributed by atoms with Crippen molar-refractivity contribution in [3.8, 4) is 0 Å². The Hall–Kier alpha value is -0.300. The molecule has 0 aromatic rings. The van der Waals surface area contributed by atoms with Gasteiger partial charge >= 0.3 is 0 Å². The molecule has 0 aromatic carbocycles. The number of halogens is 1. The molecule has 0 bridgehead atoms. The van der Waals surface area contributed by atoms with E-state index in [4.69, 9.17) is 11.6 Å². The van der Waals surface area contributed by atoms with Crippen LogP contribution in [-0.2, 0) is 0 Å². The number of hydrogen-bond donors (Lipinski definition) is 0. The first-order valence-corrected chi connectivity index (χ1v) is 2.49. The zero-order valence-corrected chi connectivity index (χ0v) is 5.24. The van der Waals surface area contributed by atoms with Gasteiger partial charge in [-0.2, -0.15) is 0 Å². The lowest BCUT2D eigenvalue weighted by atomic mass is 10.7. The zero-order chi connectivity index (χ0) is 5.70. The summed E-state index contributed by atoms with van der Waals surface area (Å²) in [5, 5.41) is 0.544. The van der Waals surface area contributed by atoms with Crippen LogP contribution in [0.2, 0.25) is 0 Å². The van der Waals surface area contributed by atoms with E-state index in [2.05, 4.69) is 4.99 Å². The van der Waals surface area contributed by atoms with Crippen LogP contribution < -0.4 is 0 Å². The first-order chi connectivity index (χ1) is 3.31. The van der Waals surface area contributed by atoms with E-state index in [1.807, 2.05) is 13.8 Å². The minimum absolute atomic E-state index is 0.544. The highest BCUT2D eigenvalue weighted by atomic mass is 35.5. The molecule has 0 heterocycles. The number of allylic oxidation sites excluding steroid dienone is 1. The Balaban J connectivity index is 3.58. The van der Waals surface area contributed by atoms with Gasteiger partial charge in [-0.3, -0.25) is 0 Å². The van der Waals surface area contributed by atoms with Crippen LogP contribution in [0.15, 0.2) is 16.2 Å². The summed E-state index contributed by atoms with van der Waals surface area (Å²) in [4.78, 5) is 3.74. The highest BCUT2D eigenvalue weighted by molar-refractivity contribution is 6.29. The van der Waals surface area contributed by atoms with Crippen molar-refractivity contribution in [3.05, 3.63) is 11.2 Å². The number of rotatable bonds is 1. The molecule has 0 aromatic heterocycles. The quantitative estimate of drug-likeness (QED) is 0.369. The second-order valence-corrected chi connectivity index (χ2v) is 1.39. The Bertz CT molecular complexity index is 94.3. The van der Waals surface area contributed by atoms with E-state index in [1.165, 1.54) is 0 Å². The molecular weight excluding hydrogens is 110 g/mol. The first-order valence-electron chi connectivity index (χ1n) is 2.11. The van der Waals surface area contributed by atoms with Crippen molar-refractivity contribution in [1.82, 2.24) is 0 Å². The summed E-state index contributed by atoms with van der Waals surface area (Å²) in [5.41, 5.74) is 0. The van der Waals surface area contributed by atoms with Gasteiger partial charge in [0.05, 0.1) is 0 Å². The van der Waals surface area contributed by atoms with Crippen LogP contribution in [0.3, 0.4) is 0 Å².